The monoisotopic (exact) mass is 154 g/mol. The van der Waals surface area contributed by atoms with Gasteiger partial charge in [-0.1, -0.05) is 0 Å². The summed E-state index contributed by atoms with van der Waals surface area (Å²) in [5.74, 6) is 0.407. The Balaban J connectivity index is 2.07. The molecule has 1 saturated carbocycles. The Morgan fingerprint density at radius 2 is 2.45 bits per heavy atom. The first-order valence-corrected chi connectivity index (χ1v) is 4.20. The summed E-state index contributed by atoms with van der Waals surface area (Å²) in [5.41, 5.74) is -0.132. The SMILES string of the molecule is CN1CCNC2(CCC2=O)C1. The van der Waals surface area contributed by atoms with Gasteiger partial charge in [0.1, 0.15) is 0 Å². The number of piperazine rings is 1. The zero-order chi connectivity index (χ0) is 7.90. The Labute approximate surface area is 66.8 Å². The predicted molar refractivity (Wildman–Crippen MR) is 42.5 cm³/mol. The van der Waals surface area contributed by atoms with Crippen LogP contribution in [0.15, 0.2) is 0 Å². The van der Waals surface area contributed by atoms with Crippen LogP contribution in [-0.4, -0.2) is 42.9 Å². The van der Waals surface area contributed by atoms with Crippen molar-refractivity contribution in [3.05, 3.63) is 0 Å². The molecule has 0 amide bonds. The molecule has 1 saturated heterocycles. The molecule has 1 aliphatic carbocycles. The van der Waals surface area contributed by atoms with E-state index in [2.05, 4.69) is 17.3 Å². The van der Waals surface area contributed by atoms with Gasteiger partial charge >= 0.3 is 0 Å². The third-order valence-corrected chi connectivity index (χ3v) is 2.81. The number of carbonyl (C=O) groups is 1. The van der Waals surface area contributed by atoms with Crippen LogP contribution in [0.4, 0.5) is 0 Å². The minimum absolute atomic E-state index is 0.132. The molecule has 0 radical (unpaired) electrons. The Kier molecular flexibility index (Phi) is 1.51. The number of hydrogen-bond acceptors (Lipinski definition) is 3. The quantitative estimate of drug-likeness (QED) is 0.516. The van der Waals surface area contributed by atoms with Crippen molar-refractivity contribution in [1.82, 2.24) is 10.2 Å². The minimum Gasteiger partial charge on any atom is -0.303 e. The van der Waals surface area contributed by atoms with Crippen LogP contribution in [0.2, 0.25) is 0 Å². The molecule has 0 bridgehead atoms. The van der Waals surface area contributed by atoms with Gasteiger partial charge in [0.2, 0.25) is 0 Å². The van der Waals surface area contributed by atoms with E-state index in [1.54, 1.807) is 0 Å². The van der Waals surface area contributed by atoms with Gasteiger partial charge in [-0.15, -0.1) is 0 Å². The molecular formula is C8H14N2O. The van der Waals surface area contributed by atoms with Crippen molar-refractivity contribution in [2.45, 2.75) is 18.4 Å². The Bertz CT molecular complexity index is 193. The summed E-state index contributed by atoms with van der Waals surface area (Å²) in [7, 11) is 2.08. The number of rotatable bonds is 0. The molecule has 11 heavy (non-hydrogen) atoms. The normalized spacial score (nSPS) is 39.2. The lowest BCUT2D eigenvalue weighted by Crippen LogP contribution is -2.68. The van der Waals surface area contributed by atoms with Gasteiger partial charge in [-0.2, -0.15) is 0 Å². The van der Waals surface area contributed by atoms with Gasteiger partial charge in [0, 0.05) is 26.1 Å². The van der Waals surface area contributed by atoms with Crippen molar-refractivity contribution in [1.29, 1.82) is 0 Å². The van der Waals surface area contributed by atoms with Gasteiger partial charge in [0.25, 0.3) is 0 Å². The van der Waals surface area contributed by atoms with E-state index in [1.807, 2.05) is 0 Å². The summed E-state index contributed by atoms with van der Waals surface area (Å²) in [5, 5.41) is 3.32. The third kappa shape index (κ3) is 0.993. The third-order valence-electron chi connectivity index (χ3n) is 2.81. The first kappa shape index (κ1) is 7.25. The second-order valence-electron chi connectivity index (χ2n) is 3.67. The van der Waals surface area contributed by atoms with Gasteiger partial charge < -0.3 is 10.2 Å². The summed E-state index contributed by atoms with van der Waals surface area (Å²) in [6.45, 7) is 2.93. The maximum absolute atomic E-state index is 11.3. The average molecular weight is 154 g/mol. The fourth-order valence-corrected chi connectivity index (χ4v) is 1.96. The molecule has 2 rings (SSSR count). The molecule has 2 aliphatic rings. The smallest absolute Gasteiger partial charge is 0.154 e. The molecule has 0 aromatic rings. The van der Waals surface area contributed by atoms with E-state index in [4.69, 9.17) is 0 Å². The molecule has 0 aromatic carbocycles. The van der Waals surface area contributed by atoms with E-state index in [0.717, 1.165) is 32.5 Å². The molecule has 1 N–H and O–H groups in total. The van der Waals surface area contributed by atoms with E-state index in [-0.39, 0.29) is 5.54 Å². The van der Waals surface area contributed by atoms with Gasteiger partial charge in [-0.25, -0.2) is 0 Å². The zero-order valence-electron chi connectivity index (χ0n) is 6.89. The first-order valence-electron chi connectivity index (χ1n) is 4.20. The molecule has 62 valence electrons. The number of nitrogens with one attached hydrogen (secondary N) is 1. The minimum atomic E-state index is -0.132. The van der Waals surface area contributed by atoms with Crippen LogP contribution >= 0.6 is 0 Å². The van der Waals surface area contributed by atoms with Crippen molar-refractivity contribution >= 4 is 5.78 Å². The Morgan fingerprint density at radius 1 is 1.64 bits per heavy atom. The highest BCUT2D eigenvalue weighted by molar-refractivity contribution is 5.94. The second-order valence-corrected chi connectivity index (χ2v) is 3.67. The van der Waals surface area contributed by atoms with E-state index in [0.29, 0.717) is 5.78 Å². The van der Waals surface area contributed by atoms with E-state index < -0.39 is 0 Å². The van der Waals surface area contributed by atoms with E-state index >= 15 is 0 Å². The van der Waals surface area contributed by atoms with Crippen LogP contribution in [0.25, 0.3) is 0 Å². The van der Waals surface area contributed by atoms with Crippen molar-refractivity contribution < 1.29 is 4.79 Å². The topological polar surface area (TPSA) is 32.3 Å². The van der Waals surface area contributed by atoms with Crippen molar-refractivity contribution in [2.75, 3.05) is 26.7 Å². The molecule has 2 fully saturated rings. The van der Waals surface area contributed by atoms with Gasteiger partial charge in [-0.05, 0) is 13.5 Å². The molecule has 3 heteroatoms. The molecular weight excluding hydrogens is 140 g/mol. The molecule has 3 nitrogen and oxygen atoms in total. The highest BCUT2D eigenvalue weighted by Gasteiger charge is 2.47. The molecule has 1 unspecified atom stereocenters. The van der Waals surface area contributed by atoms with Gasteiger partial charge in [0.15, 0.2) is 5.78 Å². The molecule has 1 atom stereocenters. The van der Waals surface area contributed by atoms with Crippen LogP contribution in [0.3, 0.4) is 0 Å². The van der Waals surface area contributed by atoms with Crippen LogP contribution in [0, 0.1) is 0 Å². The fraction of sp³-hybridized carbons (Fsp3) is 0.875. The Hall–Kier alpha value is -0.410. The number of nitrogens with zero attached hydrogens (tertiary/aromatic N) is 1. The molecule has 0 aromatic heterocycles. The summed E-state index contributed by atoms with van der Waals surface area (Å²) in [4.78, 5) is 13.5. The fourth-order valence-electron chi connectivity index (χ4n) is 1.96. The largest absolute Gasteiger partial charge is 0.303 e. The standard InChI is InChI=1S/C8H14N2O/c1-10-5-4-9-8(6-10)3-2-7(8)11/h9H,2-6H2,1H3. The highest BCUT2D eigenvalue weighted by atomic mass is 16.1. The lowest BCUT2D eigenvalue weighted by atomic mass is 9.74. The highest BCUT2D eigenvalue weighted by Crippen LogP contribution is 2.29. The summed E-state index contributed by atoms with van der Waals surface area (Å²) in [6, 6.07) is 0. The van der Waals surface area contributed by atoms with Gasteiger partial charge in [-0.3, -0.25) is 4.79 Å². The number of Topliss-reactive ketones (excluding diaryl/α,β-unsaturated/α-hetero) is 1. The number of likely N-dealkylation sites (N-methyl/N-ethyl adjacent to an activating group) is 1. The van der Waals surface area contributed by atoms with Crippen molar-refractivity contribution in [3.63, 3.8) is 0 Å². The lowest BCUT2D eigenvalue weighted by Gasteiger charge is -2.46. The van der Waals surface area contributed by atoms with Crippen LogP contribution in [-0.2, 0) is 4.79 Å². The van der Waals surface area contributed by atoms with Gasteiger partial charge in [0.05, 0.1) is 5.54 Å². The maximum Gasteiger partial charge on any atom is 0.154 e. The molecule has 1 spiro atoms. The van der Waals surface area contributed by atoms with E-state index in [1.165, 1.54) is 0 Å². The van der Waals surface area contributed by atoms with Crippen LogP contribution < -0.4 is 5.32 Å². The number of hydrogen-bond donors (Lipinski definition) is 1. The van der Waals surface area contributed by atoms with Crippen molar-refractivity contribution in [3.8, 4) is 0 Å². The van der Waals surface area contributed by atoms with E-state index in [9.17, 15) is 4.79 Å². The summed E-state index contributed by atoms with van der Waals surface area (Å²) in [6.07, 6.45) is 1.82. The lowest BCUT2D eigenvalue weighted by molar-refractivity contribution is -0.135. The van der Waals surface area contributed by atoms with Crippen molar-refractivity contribution in [2.24, 2.45) is 0 Å². The summed E-state index contributed by atoms with van der Waals surface area (Å²) >= 11 is 0. The zero-order valence-corrected chi connectivity index (χ0v) is 6.89. The average Bonchev–Trinajstić information content (AvgIpc) is 2.02. The maximum atomic E-state index is 11.3. The number of ketones is 1. The first-order chi connectivity index (χ1) is 5.23. The van der Waals surface area contributed by atoms with Crippen LogP contribution in [0.5, 0.6) is 0 Å². The molecule has 1 aliphatic heterocycles. The predicted octanol–water partition coefficient (Wildman–Crippen LogP) is -0.377. The van der Waals surface area contributed by atoms with Crippen LogP contribution in [0.1, 0.15) is 12.8 Å². The molecule has 1 heterocycles. The Morgan fingerprint density at radius 3 is 2.82 bits per heavy atom. The second kappa shape index (κ2) is 2.29. The number of carbonyl (C=O) groups excluding carboxylic acids is 1. The summed E-state index contributed by atoms with van der Waals surface area (Å²) < 4.78 is 0.